The molecule has 2 rings (SSSR count). The number of anilines is 1. The molecule has 0 aromatic carbocycles. The molecule has 0 saturated carbocycles. The first kappa shape index (κ1) is 12.2. The average Bonchev–Trinajstić information content (AvgIpc) is 2.81. The van der Waals surface area contributed by atoms with Crippen molar-refractivity contribution in [1.29, 1.82) is 0 Å². The molecular weight excluding hydrogens is 232 g/mol. The molecule has 0 aliphatic rings. The van der Waals surface area contributed by atoms with E-state index in [-0.39, 0.29) is 5.56 Å². The topological polar surface area (TPSA) is 66.6 Å². The van der Waals surface area contributed by atoms with Crippen molar-refractivity contribution in [3.8, 4) is 0 Å². The molecule has 0 unspecified atom stereocenters. The molecule has 18 heavy (non-hydrogen) atoms. The van der Waals surface area contributed by atoms with E-state index in [9.17, 15) is 4.79 Å². The van der Waals surface area contributed by atoms with Crippen LogP contribution in [0.25, 0.3) is 0 Å². The lowest BCUT2D eigenvalue weighted by Gasteiger charge is -2.18. The minimum absolute atomic E-state index is 0.232. The highest BCUT2D eigenvalue weighted by Gasteiger charge is 2.11. The van der Waals surface area contributed by atoms with Gasteiger partial charge in [0.25, 0.3) is 0 Å². The summed E-state index contributed by atoms with van der Waals surface area (Å²) in [5.74, 6) is -0.220. The zero-order valence-corrected chi connectivity index (χ0v) is 10.3. The molecule has 2 aromatic heterocycles. The Hall–Kier alpha value is -2.30. The van der Waals surface area contributed by atoms with Crippen molar-refractivity contribution < 1.29 is 14.3 Å². The molecule has 5 nitrogen and oxygen atoms in total. The van der Waals surface area contributed by atoms with E-state index in [2.05, 4.69) is 4.98 Å². The van der Waals surface area contributed by atoms with Crippen LogP contribution in [0.4, 0.5) is 5.82 Å². The Kier molecular flexibility index (Phi) is 3.32. The maximum atomic E-state index is 10.9. The lowest BCUT2D eigenvalue weighted by Crippen LogP contribution is -2.18. The van der Waals surface area contributed by atoms with Crippen molar-refractivity contribution in [1.82, 2.24) is 4.98 Å². The number of hydrogen-bond donors (Lipinski definition) is 1. The average molecular weight is 246 g/mol. The molecule has 0 saturated heterocycles. The van der Waals surface area contributed by atoms with Crippen LogP contribution in [-0.2, 0) is 6.54 Å². The van der Waals surface area contributed by atoms with Gasteiger partial charge in [-0.15, -0.1) is 0 Å². The lowest BCUT2D eigenvalue weighted by molar-refractivity contribution is 0.0695. The van der Waals surface area contributed by atoms with E-state index in [1.165, 1.54) is 0 Å². The summed E-state index contributed by atoms with van der Waals surface area (Å²) in [5, 5.41) is 8.94. The molecule has 0 aliphatic carbocycles. The number of furan rings is 1. The molecule has 0 spiro atoms. The van der Waals surface area contributed by atoms with Crippen molar-refractivity contribution in [2.75, 3.05) is 11.9 Å². The number of aryl methyl sites for hydroxylation is 1. The summed E-state index contributed by atoms with van der Waals surface area (Å²) < 4.78 is 5.00. The highest BCUT2D eigenvalue weighted by Crippen LogP contribution is 2.16. The van der Waals surface area contributed by atoms with E-state index in [1.807, 2.05) is 18.0 Å². The third-order valence-corrected chi connectivity index (χ3v) is 2.69. The number of aromatic carboxylic acids is 1. The third kappa shape index (κ3) is 2.51. The molecule has 2 aromatic rings. The number of aromatic nitrogens is 1. The van der Waals surface area contributed by atoms with Crippen molar-refractivity contribution >= 4 is 11.8 Å². The number of pyridine rings is 1. The Morgan fingerprint density at radius 3 is 2.78 bits per heavy atom. The first-order valence-electron chi connectivity index (χ1n) is 5.51. The van der Waals surface area contributed by atoms with Gasteiger partial charge in [-0.3, -0.25) is 0 Å². The van der Waals surface area contributed by atoms with Gasteiger partial charge in [-0.2, -0.15) is 0 Å². The standard InChI is InChI=1S/C13H14N2O3/c1-9-11(13(16)17)3-4-12(14-9)15(2)7-10-5-6-18-8-10/h3-6,8H,7H2,1-2H3,(H,16,17). The van der Waals surface area contributed by atoms with Gasteiger partial charge in [0.1, 0.15) is 5.82 Å². The largest absolute Gasteiger partial charge is 0.478 e. The smallest absolute Gasteiger partial charge is 0.337 e. The summed E-state index contributed by atoms with van der Waals surface area (Å²) in [6, 6.07) is 5.16. The van der Waals surface area contributed by atoms with Gasteiger partial charge < -0.3 is 14.4 Å². The van der Waals surface area contributed by atoms with E-state index >= 15 is 0 Å². The second-order valence-electron chi connectivity index (χ2n) is 4.10. The Morgan fingerprint density at radius 1 is 1.44 bits per heavy atom. The maximum absolute atomic E-state index is 10.9. The van der Waals surface area contributed by atoms with E-state index in [1.54, 1.807) is 31.6 Å². The van der Waals surface area contributed by atoms with Crippen molar-refractivity contribution in [3.05, 3.63) is 47.5 Å². The van der Waals surface area contributed by atoms with Crippen LogP contribution in [0.15, 0.2) is 35.1 Å². The summed E-state index contributed by atoms with van der Waals surface area (Å²) in [6.07, 6.45) is 3.30. The van der Waals surface area contributed by atoms with Crippen molar-refractivity contribution in [2.45, 2.75) is 13.5 Å². The number of carbonyl (C=O) groups is 1. The van der Waals surface area contributed by atoms with E-state index < -0.39 is 5.97 Å². The molecule has 94 valence electrons. The van der Waals surface area contributed by atoms with E-state index in [0.717, 1.165) is 11.4 Å². The van der Waals surface area contributed by atoms with Gasteiger partial charge in [0.2, 0.25) is 0 Å². The molecule has 5 heteroatoms. The second kappa shape index (κ2) is 4.91. The first-order valence-corrected chi connectivity index (χ1v) is 5.51. The van der Waals surface area contributed by atoms with Gasteiger partial charge in [0.05, 0.1) is 23.8 Å². The van der Waals surface area contributed by atoms with Gasteiger partial charge in [0.15, 0.2) is 0 Å². The minimum atomic E-state index is -0.955. The van der Waals surface area contributed by atoms with Crippen LogP contribution in [0.3, 0.4) is 0 Å². The Morgan fingerprint density at radius 2 is 2.22 bits per heavy atom. The molecule has 0 radical (unpaired) electrons. The van der Waals surface area contributed by atoms with E-state index in [0.29, 0.717) is 12.2 Å². The van der Waals surface area contributed by atoms with Crippen LogP contribution in [-0.4, -0.2) is 23.1 Å². The van der Waals surface area contributed by atoms with Gasteiger partial charge in [0, 0.05) is 19.2 Å². The number of hydrogen-bond acceptors (Lipinski definition) is 4. The van der Waals surface area contributed by atoms with Crippen LogP contribution in [0, 0.1) is 6.92 Å². The number of rotatable bonds is 4. The second-order valence-corrected chi connectivity index (χ2v) is 4.10. The van der Waals surface area contributed by atoms with Gasteiger partial charge in [-0.1, -0.05) is 0 Å². The summed E-state index contributed by atoms with van der Waals surface area (Å²) in [4.78, 5) is 17.1. The molecule has 0 fully saturated rings. The highest BCUT2D eigenvalue weighted by molar-refractivity contribution is 5.89. The molecule has 0 amide bonds. The summed E-state index contributed by atoms with van der Waals surface area (Å²) >= 11 is 0. The maximum Gasteiger partial charge on any atom is 0.337 e. The van der Waals surface area contributed by atoms with Crippen LogP contribution in [0.5, 0.6) is 0 Å². The lowest BCUT2D eigenvalue weighted by atomic mass is 10.2. The van der Waals surface area contributed by atoms with Gasteiger partial charge >= 0.3 is 5.97 Å². The minimum Gasteiger partial charge on any atom is -0.478 e. The monoisotopic (exact) mass is 246 g/mol. The molecule has 2 heterocycles. The summed E-state index contributed by atoms with van der Waals surface area (Å²) in [5.41, 5.74) is 1.79. The summed E-state index contributed by atoms with van der Waals surface area (Å²) in [6.45, 7) is 2.36. The molecular formula is C13H14N2O3. The molecule has 0 atom stereocenters. The quantitative estimate of drug-likeness (QED) is 0.896. The van der Waals surface area contributed by atoms with Gasteiger partial charge in [-0.25, -0.2) is 9.78 Å². The normalized spacial score (nSPS) is 10.3. The number of nitrogens with zero attached hydrogens (tertiary/aromatic N) is 2. The molecule has 0 bridgehead atoms. The molecule has 1 N–H and O–H groups in total. The van der Waals surface area contributed by atoms with Crippen LogP contribution in [0.2, 0.25) is 0 Å². The first-order chi connectivity index (χ1) is 8.58. The highest BCUT2D eigenvalue weighted by atomic mass is 16.4. The summed E-state index contributed by atoms with van der Waals surface area (Å²) in [7, 11) is 1.90. The van der Waals surface area contributed by atoms with Crippen LogP contribution in [0.1, 0.15) is 21.6 Å². The fourth-order valence-corrected chi connectivity index (χ4v) is 1.72. The Balaban J connectivity index is 2.18. The Labute approximate surface area is 105 Å². The van der Waals surface area contributed by atoms with Crippen LogP contribution < -0.4 is 4.90 Å². The van der Waals surface area contributed by atoms with E-state index in [4.69, 9.17) is 9.52 Å². The fraction of sp³-hybridized carbons (Fsp3) is 0.231. The fourth-order valence-electron chi connectivity index (χ4n) is 1.72. The number of carboxylic acid groups (broad SMARTS) is 1. The molecule has 0 aliphatic heterocycles. The predicted molar refractivity (Wildman–Crippen MR) is 66.7 cm³/mol. The predicted octanol–water partition coefficient (Wildman–Crippen LogP) is 2.32. The third-order valence-electron chi connectivity index (χ3n) is 2.69. The van der Waals surface area contributed by atoms with Crippen molar-refractivity contribution in [2.24, 2.45) is 0 Å². The SMILES string of the molecule is Cc1nc(N(C)Cc2ccoc2)ccc1C(=O)O. The number of carboxylic acids is 1. The Bertz CT molecular complexity index is 549. The van der Waals surface area contributed by atoms with Crippen LogP contribution >= 0.6 is 0 Å². The van der Waals surface area contributed by atoms with Crippen molar-refractivity contribution in [3.63, 3.8) is 0 Å². The van der Waals surface area contributed by atoms with Gasteiger partial charge in [-0.05, 0) is 25.1 Å². The zero-order valence-electron chi connectivity index (χ0n) is 10.3. The zero-order chi connectivity index (χ0) is 13.1.